The van der Waals surface area contributed by atoms with Crippen molar-refractivity contribution in [2.75, 3.05) is 7.11 Å². The van der Waals surface area contributed by atoms with E-state index in [1.165, 1.54) is 25.3 Å². The number of hydrogen-bond acceptors (Lipinski definition) is 5. The van der Waals surface area contributed by atoms with Gasteiger partial charge in [-0.25, -0.2) is 4.39 Å². The van der Waals surface area contributed by atoms with Gasteiger partial charge < -0.3 is 19.0 Å². The van der Waals surface area contributed by atoms with Gasteiger partial charge in [-0.15, -0.1) is 0 Å². The van der Waals surface area contributed by atoms with Crippen LogP contribution in [-0.2, 0) is 11.2 Å². The fraction of sp³-hybridized carbons (Fsp3) is 0.125. The Morgan fingerprint density at radius 3 is 2.67 bits per heavy atom. The van der Waals surface area contributed by atoms with Gasteiger partial charge in [-0.3, -0.25) is 4.79 Å². The van der Waals surface area contributed by atoms with E-state index < -0.39 is 11.8 Å². The smallest absolute Gasteiger partial charge is 0.311 e. The van der Waals surface area contributed by atoms with Crippen molar-refractivity contribution in [2.45, 2.75) is 12.8 Å². The maximum atomic E-state index is 13.6. The first-order valence-electron chi connectivity index (χ1n) is 9.38. The molecule has 0 saturated heterocycles. The molecule has 6 heteroatoms. The number of aryl methyl sites for hydroxylation is 1. The van der Waals surface area contributed by atoms with Gasteiger partial charge in [-0.1, -0.05) is 18.2 Å². The summed E-state index contributed by atoms with van der Waals surface area (Å²) in [5.74, 6) is -0.0709. The molecule has 0 saturated carbocycles. The Balaban J connectivity index is 1.47. The van der Waals surface area contributed by atoms with Crippen LogP contribution in [0.1, 0.15) is 12.0 Å². The van der Waals surface area contributed by atoms with Crippen molar-refractivity contribution in [2.24, 2.45) is 0 Å². The molecule has 0 aliphatic heterocycles. The normalized spacial score (nSPS) is 10.9. The third-order valence-electron chi connectivity index (χ3n) is 4.72. The Labute approximate surface area is 172 Å². The summed E-state index contributed by atoms with van der Waals surface area (Å²) >= 11 is 0. The average Bonchev–Trinajstić information content (AvgIpc) is 3.17. The molecule has 0 amide bonds. The first-order chi connectivity index (χ1) is 14.5. The highest BCUT2D eigenvalue weighted by Crippen LogP contribution is 2.34. The molecule has 0 radical (unpaired) electrons. The molecule has 0 fully saturated rings. The van der Waals surface area contributed by atoms with E-state index in [1.807, 2.05) is 24.3 Å². The molecule has 1 N–H and O–H groups in total. The minimum Gasteiger partial charge on any atom is -0.504 e. The van der Waals surface area contributed by atoms with Crippen LogP contribution in [0.4, 0.5) is 4.39 Å². The van der Waals surface area contributed by atoms with Gasteiger partial charge in [0.15, 0.2) is 23.1 Å². The molecule has 0 atom stereocenters. The number of hydrogen-bond donors (Lipinski definition) is 1. The van der Waals surface area contributed by atoms with Crippen LogP contribution in [0, 0.1) is 5.82 Å². The zero-order valence-electron chi connectivity index (χ0n) is 16.2. The van der Waals surface area contributed by atoms with Gasteiger partial charge in [0.25, 0.3) is 0 Å². The number of furan rings is 1. The summed E-state index contributed by atoms with van der Waals surface area (Å²) in [6.07, 6.45) is 0.580. The zero-order chi connectivity index (χ0) is 21.1. The lowest BCUT2D eigenvalue weighted by Gasteiger charge is -2.05. The minimum atomic E-state index is -0.566. The summed E-state index contributed by atoms with van der Waals surface area (Å²) in [6.45, 7) is 0. The number of phenols is 1. The van der Waals surface area contributed by atoms with Gasteiger partial charge in [-0.2, -0.15) is 0 Å². The van der Waals surface area contributed by atoms with E-state index in [-0.39, 0.29) is 17.9 Å². The second-order valence-electron chi connectivity index (χ2n) is 6.77. The monoisotopic (exact) mass is 406 g/mol. The largest absolute Gasteiger partial charge is 0.504 e. The molecule has 4 aromatic rings. The van der Waals surface area contributed by atoms with Crippen molar-refractivity contribution in [3.63, 3.8) is 0 Å². The summed E-state index contributed by atoms with van der Waals surface area (Å²) in [5, 5.41) is 10.6. The first kappa shape index (κ1) is 19.5. The van der Waals surface area contributed by atoms with Crippen LogP contribution in [0.15, 0.2) is 71.1 Å². The fourth-order valence-electron chi connectivity index (χ4n) is 3.17. The second-order valence-corrected chi connectivity index (χ2v) is 6.77. The van der Waals surface area contributed by atoms with E-state index in [0.717, 1.165) is 16.5 Å². The lowest BCUT2D eigenvalue weighted by Crippen LogP contribution is -2.09. The second kappa shape index (κ2) is 8.29. The van der Waals surface area contributed by atoms with Crippen LogP contribution in [0.2, 0.25) is 0 Å². The fourth-order valence-corrected chi connectivity index (χ4v) is 3.17. The Morgan fingerprint density at radius 2 is 1.87 bits per heavy atom. The van der Waals surface area contributed by atoms with E-state index in [1.54, 1.807) is 24.3 Å². The Bertz CT molecular complexity index is 1210. The van der Waals surface area contributed by atoms with E-state index in [9.17, 15) is 14.3 Å². The van der Waals surface area contributed by atoms with Crippen molar-refractivity contribution < 1.29 is 28.2 Å². The number of para-hydroxylation sites is 1. The van der Waals surface area contributed by atoms with Gasteiger partial charge in [0.1, 0.15) is 11.3 Å². The molecule has 0 spiro atoms. The molecular weight excluding hydrogens is 387 g/mol. The number of halogens is 1. The first-order valence-corrected chi connectivity index (χ1v) is 9.38. The molecule has 1 aromatic heterocycles. The quantitative estimate of drug-likeness (QED) is 0.339. The highest BCUT2D eigenvalue weighted by Gasteiger charge is 2.12. The molecule has 0 aliphatic rings. The van der Waals surface area contributed by atoms with Crippen LogP contribution in [0.25, 0.3) is 22.3 Å². The van der Waals surface area contributed by atoms with Crippen molar-refractivity contribution in [3.05, 3.63) is 78.1 Å². The molecular formula is C24H19FO5. The molecule has 3 aromatic carbocycles. The van der Waals surface area contributed by atoms with Gasteiger partial charge in [0.05, 0.1) is 7.11 Å². The van der Waals surface area contributed by atoms with E-state index in [4.69, 9.17) is 13.9 Å². The van der Waals surface area contributed by atoms with Crippen LogP contribution < -0.4 is 9.47 Å². The number of methoxy groups -OCH3 is 1. The number of aromatic hydroxyl groups is 1. The number of carbonyl (C=O) groups excluding carboxylic acids is 1. The molecule has 4 rings (SSSR count). The van der Waals surface area contributed by atoms with Crippen molar-refractivity contribution in [3.8, 4) is 28.6 Å². The van der Waals surface area contributed by atoms with Gasteiger partial charge >= 0.3 is 5.97 Å². The lowest BCUT2D eigenvalue weighted by atomic mass is 10.1. The lowest BCUT2D eigenvalue weighted by molar-refractivity contribution is -0.134. The third-order valence-corrected chi connectivity index (χ3v) is 4.72. The SMILES string of the molecule is COc1cc(-c2cc3cc(CCC(=O)Oc4ccccc4F)ccc3o2)ccc1O. The van der Waals surface area contributed by atoms with E-state index in [2.05, 4.69) is 0 Å². The highest BCUT2D eigenvalue weighted by atomic mass is 19.1. The van der Waals surface area contributed by atoms with Gasteiger partial charge in [0.2, 0.25) is 0 Å². The van der Waals surface area contributed by atoms with Crippen LogP contribution in [-0.4, -0.2) is 18.2 Å². The number of ether oxygens (including phenoxy) is 2. The third kappa shape index (κ3) is 4.12. The van der Waals surface area contributed by atoms with Crippen molar-refractivity contribution in [1.29, 1.82) is 0 Å². The van der Waals surface area contributed by atoms with E-state index >= 15 is 0 Å². The summed E-state index contributed by atoms with van der Waals surface area (Å²) in [7, 11) is 1.49. The average molecular weight is 406 g/mol. The molecule has 0 bridgehead atoms. The molecule has 1 heterocycles. The molecule has 30 heavy (non-hydrogen) atoms. The van der Waals surface area contributed by atoms with Crippen LogP contribution in [0.3, 0.4) is 0 Å². The molecule has 0 aliphatic carbocycles. The highest BCUT2D eigenvalue weighted by molar-refractivity contribution is 5.84. The maximum Gasteiger partial charge on any atom is 0.311 e. The Hall–Kier alpha value is -3.80. The number of rotatable bonds is 6. The maximum absolute atomic E-state index is 13.6. The van der Waals surface area contributed by atoms with Crippen LogP contribution in [0.5, 0.6) is 17.2 Å². The topological polar surface area (TPSA) is 68.9 Å². The summed E-state index contributed by atoms with van der Waals surface area (Å²) in [4.78, 5) is 12.0. The van der Waals surface area contributed by atoms with Crippen molar-refractivity contribution in [1.82, 2.24) is 0 Å². The molecule has 5 nitrogen and oxygen atoms in total. The van der Waals surface area contributed by atoms with Crippen molar-refractivity contribution >= 4 is 16.9 Å². The summed E-state index contributed by atoms with van der Waals surface area (Å²) in [5.41, 5.74) is 2.41. The zero-order valence-corrected chi connectivity index (χ0v) is 16.2. The number of carbonyl (C=O) groups is 1. The predicted octanol–water partition coefficient (Wildman–Crippen LogP) is 5.49. The van der Waals surface area contributed by atoms with Crippen LogP contribution >= 0.6 is 0 Å². The van der Waals surface area contributed by atoms with Gasteiger partial charge in [0, 0.05) is 17.4 Å². The number of benzene rings is 3. The standard InChI is InChI=1S/C24H19FO5/c1-28-23-13-16(8-9-19(23)26)22-14-17-12-15(6-10-20(17)29-22)7-11-24(27)30-21-5-3-2-4-18(21)25/h2-6,8-10,12-14,26H,7,11H2,1H3. The Kier molecular flexibility index (Phi) is 5.39. The molecule has 0 unspecified atom stereocenters. The minimum absolute atomic E-state index is 0.0573. The number of esters is 1. The Morgan fingerprint density at radius 1 is 1.03 bits per heavy atom. The molecule has 152 valence electrons. The number of phenolic OH excluding ortho intramolecular Hbond substituents is 1. The summed E-state index contributed by atoms with van der Waals surface area (Å²) < 4.78 is 29.7. The van der Waals surface area contributed by atoms with Gasteiger partial charge in [-0.05, 0) is 60.5 Å². The predicted molar refractivity (Wildman–Crippen MR) is 110 cm³/mol. The van der Waals surface area contributed by atoms with E-state index in [0.29, 0.717) is 23.5 Å². The summed E-state index contributed by atoms with van der Waals surface area (Å²) in [6, 6.07) is 18.4. The number of fused-ring (bicyclic) bond motifs is 1.